The van der Waals surface area contributed by atoms with E-state index in [1.807, 2.05) is 61.2 Å². The number of para-hydroxylation sites is 3. The van der Waals surface area contributed by atoms with Gasteiger partial charge in [0.05, 0.1) is 29.2 Å². The summed E-state index contributed by atoms with van der Waals surface area (Å²) < 4.78 is 7.47. The molecule has 1 aromatic heterocycles. The molecule has 0 radical (unpaired) electrons. The summed E-state index contributed by atoms with van der Waals surface area (Å²) in [4.78, 5) is 33.8. The number of amides is 1. The minimum atomic E-state index is -0.385. The van der Waals surface area contributed by atoms with Crippen LogP contribution < -0.4 is 10.3 Å². The highest BCUT2D eigenvalue weighted by atomic mass is 16.5. The summed E-state index contributed by atoms with van der Waals surface area (Å²) in [7, 11) is 0. The fraction of sp³-hybridized carbons (Fsp3) is 0.444. The minimum absolute atomic E-state index is 0.0881. The second kappa shape index (κ2) is 11.1. The normalized spacial score (nSPS) is 12.2. The largest absolute Gasteiger partial charge is 0.492 e. The Morgan fingerprint density at radius 2 is 1.76 bits per heavy atom. The highest BCUT2D eigenvalue weighted by molar-refractivity contribution is 5.79. The zero-order chi connectivity index (χ0) is 24.0. The molecular weight excluding hydrogens is 414 g/mol. The molecule has 0 fully saturated rings. The lowest BCUT2D eigenvalue weighted by Crippen LogP contribution is -2.39. The molecule has 0 aliphatic rings. The number of fused-ring (bicyclic) bond motifs is 1. The molecule has 0 saturated heterocycles. The molecule has 1 unspecified atom stereocenters. The Balaban J connectivity index is 2.25. The number of hydrogen-bond donors (Lipinski definition) is 0. The summed E-state index contributed by atoms with van der Waals surface area (Å²) in [5, 5.41) is 0.535. The standard InChI is InChI=1S/C27H35N3O3/c1-6-8-17-25(31)29(18-19(3)4)20(5)26-28-22-14-10-9-13-21(22)27(32)30(26)23-15-11-12-16-24(23)33-7-2/h9-16,19-20H,6-8,17-18H2,1-5H3. The first kappa shape index (κ1) is 24.5. The maximum Gasteiger partial charge on any atom is 0.266 e. The number of hydrogen-bond acceptors (Lipinski definition) is 4. The summed E-state index contributed by atoms with van der Waals surface area (Å²) in [5.74, 6) is 1.52. The fourth-order valence-corrected chi connectivity index (χ4v) is 4.06. The number of carbonyl (C=O) groups excluding carboxylic acids is 1. The van der Waals surface area contributed by atoms with Crippen LogP contribution in [0.25, 0.3) is 16.6 Å². The molecule has 2 aromatic carbocycles. The summed E-state index contributed by atoms with van der Waals surface area (Å²) >= 11 is 0. The van der Waals surface area contributed by atoms with Crippen LogP contribution in [0.1, 0.15) is 65.7 Å². The third-order valence-corrected chi connectivity index (χ3v) is 5.68. The topological polar surface area (TPSA) is 64.4 Å². The Bertz CT molecular complexity index is 1150. The first-order valence-electron chi connectivity index (χ1n) is 11.9. The van der Waals surface area contributed by atoms with Crippen LogP contribution >= 0.6 is 0 Å². The zero-order valence-corrected chi connectivity index (χ0v) is 20.4. The number of unbranched alkanes of at least 4 members (excludes halogenated alkanes) is 1. The maximum absolute atomic E-state index is 13.8. The van der Waals surface area contributed by atoms with E-state index in [4.69, 9.17) is 9.72 Å². The smallest absolute Gasteiger partial charge is 0.266 e. The summed E-state index contributed by atoms with van der Waals surface area (Å²) in [6, 6.07) is 14.4. The van der Waals surface area contributed by atoms with Crippen molar-refractivity contribution in [2.24, 2.45) is 5.92 Å². The number of benzene rings is 2. The van der Waals surface area contributed by atoms with Crippen LogP contribution in [0.3, 0.4) is 0 Å². The number of aromatic nitrogens is 2. The number of carbonyl (C=O) groups is 1. The molecule has 0 aliphatic carbocycles. The number of nitrogens with zero attached hydrogens (tertiary/aromatic N) is 3. The minimum Gasteiger partial charge on any atom is -0.492 e. The molecule has 6 heteroatoms. The van der Waals surface area contributed by atoms with Gasteiger partial charge in [-0.05, 0) is 50.5 Å². The fourth-order valence-electron chi connectivity index (χ4n) is 4.06. The van der Waals surface area contributed by atoms with Crippen LogP contribution in [0, 0.1) is 5.92 Å². The number of rotatable bonds is 10. The van der Waals surface area contributed by atoms with Gasteiger partial charge in [0.25, 0.3) is 5.56 Å². The van der Waals surface area contributed by atoms with E-state index in [0.29, 0.717) is 47.7 Å². The van der Waals surface area contributed by atoms with Crippen molar-refractivity contribution in [2.45, 2.75) is 59.9 Å². The highest BCUT2D eigenvalue weighted by Crippen LogP contribution is 2.28. The lowest BCUT2D eigenvalue weighted by atomic mass is 10.1. The molecule has 1 heterocycles. The Labute approximate surface area is 196 Å². The van der Waals surface area contributed by atoms with Gasteiger partial charge in [0.15, 0.2) is 0 Å². The van der Waals surface area contributed by atoms with Gasteiger partial charge in [0.1, 0.15) is 11.6 Å². The van der Waals surface area contributed by atoms with Gasteiger partial charge in [-0.25, -0.2) is 4.98 Å². The van der Waals surface area contributed by atoms with Gasteiger partial charge < -0.3 is 9.64 Å². The molecule has 3 rings (SSSR count). The van der Waals surface area contributed by atoms with E-state index in [1.54, 1.807) is 10.6 Å². The number of ether oxygens (including phenoxy) is 1. The van der Waals surface area contributed by atoms with Crippen LogP contribution in [-0.2, 0) is 4.79 Å². The third-order valence-electron chi connectivity index (χ3n) is 5.68. The average Bonchev–Trinajstić information content (AvgIpc) is 2.81. The molecule has 0 bridgehead atoms. The van der Waals surface area contributed by atoms with Crippen molar-refractivity contribution in [3.8, 4) is 11.4 Å². The lowest BCUT2D eigenvalue weighted by molar-refractivity contribution is -0.134. The summed E-state index contributed by atoms with van der Waals surface area (Å²) in [6.07, 6.45) is 2.28. The van der Waals surface area contributed by atoms with Crippen molar-refractivity contribution in [3.63, 3.8) is 0 Å². The van der Waals surface area contributed by atoms with Crippen molar-refractivity contribution in [1.29, 1.82) is 0 Å². The average molecular weight is 450 g/mol. The van der Waals surface area contributed by atoms with Gasteiger partial charge in [-0.3, -0.25) is 14.2 Å². The molecule has 1 amide bonds. The predicted molar refractivity (Wildman–Crippen MR) is 133 cm³/mol. The molecule has 33 heavy (non-hydrogen) atoms. The Morgan fingerprint density at radius 1 is 1.06 bits per heavy atom. The Kier molecular flexibility index (Phi) is 8.26. The van der Waals surface area contributed by atoms with Crippen molar-refractivity contribution in [1.82, 2.24) is 14.5 Å². The van der Waals surface area contributed by atoms with Gasteiger partial charge in [0, 0.05) is 13.0 Å². The highest BCUT2D eigenvalue weighted by Gasteiger charge is 2.27. The monoisotopic (exact) mass is 449 g/mol. The van der Waals surface area contributed by atoms with Crippen LogP contribution in [0.4, 0.5) is 0 Å². The molecule has 0 saturated carbocycles. The van der Waals surface area contributed by atoms with Crippen molar-refractivity contribution in [3.05, 3.63) is 64.7 Å². The van der Waals surface area contributed by atoms with Crippen LogP contribution in [0.15, 0.2) is 53.3 Å². The van der Waals surface area contributed by atoms with Crippen molar-refractivity contribution in [2.75, 3.05) is 13.2 Å². The molecule has 3 aromatic rings. The van der Waals surface area contributed by atoms with E-state index in [1.165, 1.54) is 0 Å². The summed E-state index contributed by atoms with van der Waals surface area (Å²) in [5.41, 5.74) is 1.09. The van der Waals surface area contributed by atoms with Crippen molar-refractivity contribution < 1.29 is 9.53 Å². The van der Waals surface area contributed by atoms with E-state index in [-0.39, 0.29) is 23.4 Å². The first-order valence-corrected chi connectivity index (χ1v) is 11.9. The van der Waals surface area contributed by atoms with E-state index < -0.39 is 0 Å². The van der Waals surface area contributed by atoms with E-state index in [2.05, 4.69) is 20.8 Å². The summed E-state index contributed by atoms with van der Waals surface area (Å²) in [6.45, 7) is 11.2. The SMILES string of the molecule is CCCCC(=O)N(CC(C)C)C(C)c1nc2ccccc2c(=O)n1-c1ccccc1OCC. The molecule has 0 aliphatic heterocycles. The van der Waals surface area contributed by atoms with E-state index >= 15 is 0 Å². The molecule has 6 nitrogen and oxygen atoms in total. The van der Waals surface area contributed by atoms with Gasteiger partial charge in [-0.15, -0.1) is 0 Å². The molecular formula is C27H35N3O3. The Hall–Kier alpha value is -3.15. The van der Waals surface area contributed by atoms with Gasteiger partial charge in [0.2, 0.25) is 5.91 Å². The maximum atomic E-state index is 13.8. The van der Waals surface area contributed by atoms with Crippen LogP contribution in [0.2, 0.25) is 0 Å². The molecule has 176 valence electrons. The third kappa shape index (κ3) is 5.44. The Morgan fingerprint density at radius 3 is 2.45 bits per heavy atom. The van der Waals surface area contributed by atoms with Gasteiger partial charge >= 0.3 is 0 Å². The van der Waals surface area contributed by atoms with E-state index in [0.717, 1.165) is 12.8 Å². The lowest BCUT2D eigenvalue weighted by Gasteiger charge is -2.32. The second-order valence-electron chi connectivity index (χ2n) is 8.75. The molecule has 1 atom stereocenters. The van der Waals surface area contributed by atoms with Crippen LogP contribution in [-0.4, -0.2) is 33.5 Å². The van der Waals surface area contributed by atoms with Gasteiger partial charge in [-0.1, -0.05) is 51.5 Å². The van der Waals surface area contributed by atoms with E-state index in [9.17, 15) is 9.59 Å². The zero-order valence-electron chi connectivity index (χ0n) is 20.4. The second-order valence-corrected chi connectivity index (χ2v) is 8.75. The predicted octanol–water partition coefficient (Wildman–Crippen LogP) is 5.52. The molecule has 0 N–H and O–H groups in total. The quantitative estimate of drug-likeness (QED) is 0.409. The van der Waals surface area contributed by atoms with Crippen LogP contribution in [0.5, 0.6) is 5.75 Å². The van der Waals surface area contributed by atoms with Gasteiger partial charge in [-0.2, -0.15) is 0 Å². The first-order chi connectivity index (χ1) is 15.9. The van der Waals surface area contributed by atoms with Crippen molar-refractivity contribution >= 4 is 16.8 Å². The molecule has 0 spiro atoms.